The van der Waals surface area contributed by atoms with Crippen molar-refractivity contribution in [1.82, 2.24) is 0 Å². The predicted octanol–water partition coefficient (Wildman–Crippen LogP) is 11.1. The average Bonchev–Trinajstić information content (AvgIpc) is 3.07. The molecule has 6 aromatic carbocycles. The molecule has 0 atom stereocenters. The van der Waals surface area contributed by atoms with E-state index >= 15 is 0 Å². The van der Waals surface area contributed by atoms with Gasteiger partial charge in [0.25, 0.3) is 0 Å². The highest BCUT2D eigenvalue weighted by Gasteiger charge is 2.06. The number of rotatable bonds is 11. The van der Waals surface area contributed by atoms with E-state index in [1.807, 2.05) is 0 Å². The minimum atomic E-state index is 0.947. The SMILES string of the molecule is C(=C(Cc1ccccc1)Cc1ccccc1)c1ccc(-c2ccc(C=C(Cc3ccccc3)Cc3ccccc3)cc2)cc1. The third kappa shape index (κ3) is 8.43. The summed E-state index contributed by atoms with van der Waals surface area (Å²) in [6.45, 7) is 0. The van der Waals surface area contributed by atoms with Gasteiger partial charge in [0.05, 0.1) is 0 Å². The Morgan fingerprint density at radius 3 is 0.795 bits per heavy atom. The van der Waals surface area contributed by atoms with Gasteiger partial charge in [-0.05, 0) is 70.2 Å². The minimum Gasteiger partial charge on any atom is -0.0622 e. The van der Waals surface area contributed by atoms with Gasteiger partial charge < -0.3 is 0 Å². The van der Waals surface area contributed by atoms with Crippen molar-refractivity contribution in [1.29, 1.82) is 0 Å². The standard InChI is InChI=1S/C44H38/c1-5-13-35(14-6-1)29-41(30-36-15-7-2-8-16-36)33-39-21-25-43(26-22-39)44-27-23-40(24-28-44)34-42(31-37-17-9-3-10-18-37)32-38-19-11-4-12-20-38/h1-28,33-34H,29-32H2. The number of hydrogen-bond donors (Lipinski definition) is 0. The van der Waals surface area contributed by atoms with Gasteiger partial charge in [0, 0.05) is 0 Å². The Labute approximate surface area is 262 Å². The first-order chi connectivity index (χ1) is 21.8. The van der Waals surface area contributed by atoms with Gasteiger partial charge in [0.15, 0.2) is 0 Å². The van der Waals surface area contributed by atoms with Crippen molar-refractivity contribution in [2.24, 2.45) is 0 Å². The third-order valence-corrected chi connectivity index (χ3v) is 7.99. The van der Waals surface area contributed by atoms with Gasteiger partial charge in [-0.3, -0.25) is 0 Å². The molecule has 0 heteroatoms. The lowest BCUT2D eigenvalue weighted by Gasteiger charge is -2.10. The Hall–Kier alpha value is -5.20. The van der Waals surface area contributed by atoms with Gasteiger partial charge >= 0.3 is 0 Å². The molecule has 44 heavy (non-hydrogen) atoms. The molecule has 0 saturated heterocycles. The third-order valence-electron chi connectivity index (χ3n) is 7.99. The topological polar surface area (TPSA) is 0 Å². The largest absolute Gasteiger partial charge is 0.0622 e. The van der Waals surface area contributed by atoms with Gasteiger partial charge in [-0.15, -0.1) is 0 Å². The lowest BCUT2D eigenvalue weighted by molar-refractivity contribution is 1.05. The van der Waals surface area contributed by atoms with Crippen LogP contribution in [0.15, 0.2) is 181 Å². The Kier molecular flexibility index (Phi) is 9.72. The van der Waals surface area contributed by atoms with Gasteiger partial charge in [0.1, 0.15) is 0 Å². The van der Waals surface area contributed by atoms with Gasteiger partial charge in [-0.25, -0.2) is 0 Å². The van der Waals surface area contributed by atoms with Crippen molar-refractivity contribution in [2.75, 3.05) is 0 Å². The Morgan fingerprint density at radius 2 is 0.545 bits per heavy atom. The second-order valence-electron chi connectivity index (χ2n) is 11.5. The summed E-state index contributed by atoms with van der Waals surface area (Å²) in [5.41, 5.74) is 13.1. The zero-order chi connectivity index (χ0) is 29.8. The maximum atomic E-state index is 2.36. The summed E-state index contributed by atoms with van der Waals surface area (Å²) in [6.07, 6.45) is 8.51. The highest BCUT2D eigenvalue weighted by atomic mass is 14.1. The predicted molar refractivity (Wildman–Crippen MR) is 188 cm³/mol. The maximum Gasteiger partial charge on any atom is -0.00604 e. The molecular formula is C44H38. The number of hydrogen-bond acceptors (Lipinski definition) is 0. The quantitative estimate of drug-likeness (QED) is 0.146. The Morgan fingerprint density at radius 1 is 0.295 bits per heavy atom. The first-order valence-corrected chi connectivity index (χ1v) is 15.5. The Balaban J connectivity index is 1.20. The summed E-state index contributed by atoms with van der Waals surface area (Å²) < 4.78 is 0. The van der Waals surface area contributed by atoms with Gasteiger partial charge in [0.2, 0.25) is 0 Å². The van der Waals surface area contributed by atoms with Crippen LogP contribution in [0.4, 0.5) is 0 Å². The molecule has 0 N–H and O–H groups in total. The fourth-order valence-electron chi connectivity index (χ4n) is 5.78. The maximum absolute atomic E-state index is 2.36. The number of allylic oxidation sites excluding steroid dienone is 2. The molecule has 0 fully saturated rings. The smallest absolute Gasteiger partial charge is 0.00604 e. The van der Waals surface area contributed by atoms with Crippen molar-refractivity contribution in [3.8, 4) is 11.1 Å². The molecule has 6 rings (SSSR count). The number of benzene rings is 6. The fraction of sp³-hybridized carbons (Fsp3) is 0.0909. The highest BCUT2D eigenvalue weighted by Crippen LogP contribution is 2.25. The van der Waals surface area contributed by atoms with Gasteiger partial charge in [-0.2, -0.15) is 0 Å². The fourth-order valence-corrected chi connectivity index (χ4v) is 5.78. The van der Waals surface area contributed by atoms with Crippen LogP contribution >= 0.6 is 0 Å². The van der Waals surface area contributed by atoms with Crippen LogP contribution in [-0.2, 0) is 25.7 Å². The molecule has 0 spiro atoms. The molecule has 0 amide bonds. The lowest BCUT2D eigenvalue weighted by atomic mass is 9.95. The molecular weight excluding hydrogens is 528 g/mol. The van der Waals surface area contributed by atoms with Crippen molar-refractivity contribution in [2.45, 2.75) is 25.7 Å². The average molecular weight is 567 g/mol. The van der Waals surface area contributed by atoms with Crippen LogP contribution in [0.5, 0.6) is 0 Å². The van der Waals surface area contributed by atoms with E-state index in [0.717, 1.165) is 25.7 Å². The Bertz CT molecular complexity index is 1550. The van der Waals surface area contributed by atoms with Crippen molar-refractivity contribution >= 4 is 12.2 Å². The summed E-state index contributed by atoms with van der Waals surface area (Å²) in [7, 11) is 0. The monoisotopic (exact) mass is 566 g/mol. The van der Waals surface area contributed by atoms with E-state index in [4.69, 9.17) is 0 Å². The van der Waals surface area contributed by atoms with Crippen LogP contribution < -0.4 is 0 Å². The molecule has 0 saturated carbocycles. The first kappa shape index (κ1) is 28.9. The zero-order valence-corrected chi connectivity index (χ0v) is 25.1. The van der Waals surface area contributed by atoms with Crippen molar-refractivity contribution < 1.29 is 0 Å². The molecule has 0 bridgehead atoms. The molecule has 0 heterocycles. The van der Waals surface area contributed by atoms with Gasteiger partial charge in [-0.1, -0.05) is 193 Å². The highest BCUT2D eigenvalue weighted by molar-refractivity contribution is 5.68. The summed E-state index contributed by atoms with van der Waals surface area (Å²) in [5, 5.41) is 0. The second-order valence-corrected chi connectivity index (χ2v) is 11.5. The van der Waals surface area contributed by atoms with E-state index in [1.165, 1.54) is 55.7 Å². The molecule has 0 nitrogen and oxygen atoms in total. The van der Waals surface area contributed by atoms with E-state index < -0.39 is 0 Å². The summed E-state index contributed by atoms with van der Waals surface area (Å²) >= 11 is 0. The van der Waals surface area contributed by atoms with Crippen LogP contribution in [0, 0.1) is 0 Å². The molecule has 214 valence electrons. The van der Waals surface area contributed by atoms with E-state index in [1.54, 1.807) is 0 Å². The van der Waals surface area contributed by atoms with E-state index in [2.05, 4.69) is 182 Å². The van der Waals surface area contributed by atoms with E-state index in [9.17, 15) is 0 Å². The molecule has 0 aliphatic rings. The first-order valence-electron chi connectivity index (χ1n) is 15.5. The van der Waals surface area contributed by atoms with E-state index in [-0.39, 0.29) is 0 Å². The normalized spacial score (nSPS) is 10.6. The summed E-state index contributed by atoms with van der Waals surface area (Å²) in [6, 6.07) is 61.0. The van der Waals surface area contributed by atoms with Crippen molar-refractivity contribution in [3.05, 3.63) is 214 Å². The van der Waals surface area contributed by atoms with E-state index in [0.29, 0.717) is 0 Å². The molecule has 6 aromatic rings. The molecule has 0 unspecified atom stereocenters. The molecule has 0 aromatic heterocycles. The summed E-state index contributed by atoms with van der Waals surface area (Å²) in [5.74, 6) is 0. The molecule has 0 aliphatic heterocycles. The van der Waals surface area contributed by atoms with Crippen LogP contribution in [0.2, 0.25) is 0 Å². The molecule has 0 aliphatic carbocycles. The van der Waals surface area contributed by atoms with Crippen molar-refractivity contribution in [3.63, 3.8) is 0 Å². The zero-order valence-electron chi connectivity index (χ0n) is 25.1. The second kappa shape index (κ2) is 14.8. The van der Waals surface area contributed by atoms with Crippen LogP contribution in [0.3, 0.4) is 0 Å². The lowest BCUT2D eigenvalue weighted by Crippen LogP contribution is -1.96. The summed E-state index contributed by atoms with van der Waals surface area (Å²) in [4.78, 5) is 0. The minimum absolute atomic E-state index is 0.947. The van der Waals surface area contributed by atoms with Crippen LogP contribution in [0.1, 0.15) is 33.4 Å². The molecule has 0 radical (unpaired) electrons. The van der Waals surface area contributed by atoms with Crippen LogP contribution in [-0.4, -0.2) is 0 Å². The van der Waals surface area contributed by atoms with Crippen LogP contribution in [0.25, 0.3) is 23.3 Å².